The molecule has 2 rings (SSSR count). The zero-order valence-electron chi connectivity index (χ0n) is 12.5. The van der Waals surface area contributed by atoms with Crippen LogP contribution in [0.15, 0.2) is 30.5 Å². The molecule has 4 nitrogen and oxygen atoms in total. The van der Waals surface area contributed by atoms with E-state index in [1.54, 1.807) is 12.1 Å². The lowest BCUT2D eigenvalue weighted by Gasteiger charge is -2.15. The van der Waals surface area contributed by atoms with Crippen molar-refractivity contribution in [3.63, 3.8) is 0 Å². The van der Waals surface area contributed by atoms with Crippen LogP contribution >= 0.6 is 22.6 Å². The minimum atomic E-state index is -4.56. The average molecular weight is 437 g/mol. The first kappa shape index (κ1) is 17.8. The molecule has 1 aromatic heterocycles. The molecule has 0 amide bonds. The van der Waals surface area contributed by atoms with Gasteiger partial charge in [-0.2, -0.15) is 18.2 Å². The first-order valence-electron chi connectivity index (χ1n) is 6.85. The Bertz CT molecular complexity index is 660. The first-order chi connectivity index (χ1) is 10.8. The van der Waals surface area contributed by atoms with Gasteiger partial charge in [-0.15, -0.1) is 0 Å². The van der Waals surface area contributed by atoms with E-state index in [4.69, 9.17) is 4.74 Å². The van der Waals surface area contributed by atoms with Crippen molar-refractivity contribution in [1.29, 1.82) is 0 Å². The van der Waals surface area contributed by atoms with E-state index in [2.05, 4.69) is 37.9 Å². The summed E-state index contributed by atoms with van der Waals surface area (Å²) >= 11 is 2.16. The van der Waals surface area contributed by atoms with Crippen molar-refractivity contribution in [3.05, 3.63) is 39.6 Å². The van der Waals surface area contributed by atoms with Crippen LogP contribution in [0.4, 0.5) is 24.8 Å². The normalized spacial score (nSPS) is 11.6. The summed E-state index contributed by atoms with van der Waals surface area (Å²) in [5.74, 6) is -0.328. The van der Waals surface area contributed by atoms with Crippen molar-refractivity contribution in [2.24, 2.45) is 5.92 Å². The van der Waals surface area contributed by atoms with E-state index < -0.39 is 17.6 Å². The third-order valence-electron chi connectivity index (χ3n) is 2.71. The van der Waals surface area contributed by atoms with Gasteiger partial charge in [0.05, 0.1) is 6.61 Å². The third-order valence-corrected chi connectivity index (χ3v) is 3.43. The number of halogens is 4. The number of ether oxygens (including phenoxy) is 1. The standard InChI is InChI=1S/C15H15F3IN3O/c1-9(2)8-23-13-12(15(16,17)18)7-20-14(22-13)21-11-5-3-10(19)4-6-11/h3-7,9H,8H2,1-2H3,(H,20,21,22). The fourth-order valence-electron chi connectivity index (χ4n) is 1.64. The van der Waals surface area contributed by atoms with Gasteiger partial charge in [0.2, 0.25) is 11.8 Å². The molecule has 1 heterocycles. The van der Waals surface area contributed by atoms with E-state index in [0.717, 1.165) is 9.77 Å². The summed E-state index contributed by atoms with van der Waals surface area (Å²) in [5.41, 5.74) is -0.300. The SMILES string of the molecule is CC(C)COc1nc(Nc2ccc(I)cc2)ncc1C(F)(F)F. The van der Waals surface area contributed by atoms with Crippen LogP contribution in [0.1, 0.15) is 19.4 Å². The van der Waals surface area contributed by atoms with Crippen molar-refractivity contribution in [3.8, 4) is 5.88 Å². The van der Waals surface area contributed by atoms with Gasteiger partial charge in [0.25, 0.3) is 0 Å². The molecule has 2 aromatic rings. The van der Waals surface area contributed by atoms with Gasteiger partial charge < -0.3 is 10.1 Å². The number of anilines is 2. The number of alkyl halides is 3. The zero-order chi connectivity index (χ0) is 17.0. The quantitative estimate of drug-likeness (QED) is 0.678. The lowest BCUT2D eigenvalue weighted by atomic mass is 10.2. The monoisotopic (exact) mass is 437 g/mol. The molecule has 0 atom stereocenters. The fraction of sp³-hybridized carbons (Fsp3) is 0.333. The maximum Gasteiger partial charge on any atom is 0.423 e. The molecule has 23 heavy (non-hydrogen) atoms. The van der Waals surface area contributed by atoms with Crippen LogP contribution in [0.5, 0.6) is 5.88 Å². The summed E-state index contributed by atoms with van der Waals surface area (Å²) in [5, 5.41) is 2.86. The lowest BCUT2D eigenvalue weighted by Crippen LogP contribution is -2.14. The Balaban J connectivity index is 2.27. The highest BCUT2D eigenvalue weighted by molar-refractivity contribution is 14.1. The summed E-state index contributed by atoms with van der Waals surface area (Å²) in [7, 11) is 0. The molecular weight excluding hydrogens is 422 g/mol. The van der Waals surface area contributed by atoms with Crippen LogP contribution in [0.2, 0.25) is 0 Å². The fourth-order valence-corrected chi connectivity index (χ4v) is 2.00. The van der Waals surface area contributed by atoms with Gasteiger partial charge in [0, 0.05) is 15.5 Å². The molecular formula is C15H15F3IN3O. The summed E-state index contributed by atoms with van der Waals surface area (Å²) in [6, 6.07) is 7.31. The van der Waals surface area contributed by atoms with Gasteiger partial charge in [-0.25, -0.2) is 4.98 Å². The van der Waals surface area contributed by atoms with Crippen molar-refractivity contribution < 1.29 is 17.9 Å². The van der Waals surface area contributed by atoms with Crippen LogP contribution in [0, 0.1) is 9.49 Å². The molecule has 0 aliphatic heterocycles. The molecule has 0 unspecified atom stereocenters. The number of nitrogens with zero attached hydrogens (tertiary/aromatic N) is 2. The molecule has 1 N–H and O–H groups in total. The molecule has 0 aliphatic carbocycles. The van der Waals surface area contributed by atoms with Gasteiger partial charge in [-0.3, -0.25) is 0 Å². The number of benzene rings is 1. The Kier molecular flexibility index (Phi) is 5.66. The van der Waals surface area contributed by atoms with Gasteiger partial charge in [0.1, 0.15) is 5.56 Å². The number of aromatic nitrogens is 2. The highest BCUT2D eigenvalue weighted by Crippen LogP contribution is 2.35. The summed E-state index contributed by atoms with van der Waals surface area (Å²) in [6.45, 7) is 3.83. The Morgan fingerprint density at radius 1 is 1.22 bits per heavy atom. The predicted octanol–water partition coefficient (Wildman–Crippen LogP) is 4.88. The topological polar surface area (TPSA) is 47.0 Å². The van der Waals surface area contributed by atoms with Gasteiger partial charge in [-0.1, -0.05) is 13.8 Å². The largest absolute Gasteiger partial charge is 0.477 e. The van der Waals surface area contributed by atoms with E-state index in [1.165, 1.54) is 0 Å². The molecule has 8 heteroatoms. The minimum Gasteiger partial charge on any atom is -0.477 e. The Morgan fingerprint density at radius 3 is 2.43 bits per heavy atom. The van der Waals surface area contributed by atoms with E-state index in [-0.39, 0.29) is 18.5 Å². The Labute approximate surface area is 145 Å². The lowest BCUT2D eigenvalue weighted by molar-refractivity contribution is -0.139. The van der Waals surface area contributed by atoms with Crippen LogP contribution in [-0.4, -0.2) is 16.6 Å². The number of hydrogen-bond acceptors (Lipinski definition) is 4. The number of rotatable bonds is 5. The van der Waals surface area contributed by atoms with Crippen molar-refractivity contribution in [1.82, 2.24) is 9.97 Å². The van der Waals surface area contributed by atoms with Gasteiger partial charge >= 0.3 is 6.18 Å². The summed E-state index contributed by atoms with van der Waals surface area (Å²) in [4.78, 5) is 7.59. The molecule has 0 bridgehead atoms. The second-order valence-electron chi connectivity index (χ2n) is 5.25. The van der Waals surface area contributed by atoms with Crippen molar-refractivity contribution in [2.75, 3.05) is 11.9 Å². The van der Waals surface area contributed by atoms with Crippen LogP contribution in [0.3, 0.4) is 0 Å². The highest BCUT2D eigenvalue weighted by Gasteiger charge is 2.36. The van der Waals surface area contributed by atoms with Crippen LogP contribution in [-0.2, 0) is 6.18 Å². The molecule has 0 saturated heterocycles. The number of hydrogen-bond donors (Lipinski definition) is 1. The Morgan fingerprint density at radius 2 is 1.87 bits per heavy atom. The highest BCUT2D eigenvalue weighted by atomic mass is 127. The molecule has 0 radical (unpaired) electrons. The maximum absolute atomic E-state index is 13.0. The first-order valence-corrected chi connectivity index (χ1v) is 7.93. The second-order valence-corrected chi connectivity index (χ2v) is 6.49. The van der Waals surface area contributed by atoms with E-state index in [0.29, 0.717) is 5.69 Å². The van der Waals surface area contributed by atoms with E-state index >= 15 is 0 Å². The van der Waals surface area contributed by atoms with Gasteiger partial charge in [-0.05, 0) is 52.8 Å². The number of nitrogens with one attached hydrogen (secondary N) is 1. The second kappa shape index (κ2) is 7.33. The average Bonchev–Trinajstić information content (AvgIpc) is 2.46. The summed E-state index contributed by atoms with van der Waals surface area (Å²) < 4.78 is 45.2. The molecule has 0 saturated carbocycles. The zero-order valence-corrected chi connectivity index (χ0v) is 14.6. The van der Waals surface area contributed by atoms with Gasteiger partial charge in [0.15, 0.2) is 0 Å². The third kappa shape index (κ3) is 5.22. The summed E-state index contributed by atoms with van der Waals surface area (Å²) in [6.07, 6.45) is -3.83. The van der Waals surface area contributed by atoms with Crippen molar-refractivity contribution in [2.45, 2.75) is 20.0 Å². The van der Waals surface area contributed by atoms with E-state index in [9.17, 15) is 13.2 Å². The molecule has 0 fully saturated rings. The maximum atomic E-state index is 13.0. The molecule has 124 valence electrons. The van der Waals surface area contributed by atoms with E-state index in [1.807, 2.05) is 26.0 Å². The van der Waals surface area contributed by atoms with Crippen molar-refractivity contribution >= 4 is 34.2 Å². The van der Waals surface area contributed by atoms with Crippen LogP contribution < -0.4 is 10.1 Å². The Hall–Kier alpha value is -1.58. The molecule has 0 aliphatic rings. The van der Waals surface area contributed by atoms with Crippen LogP contribution in [0.25, 0.3) is 0 Å². The molecule has 0 spiro atoms. The minimum absolute atomic E-state index is 0.0537. The predicted molar refractivity (Wildman–Crippen MR) is 89.8 cm³/mol. The molecule has 1 aromatic carbocycles. The smallest absolute Gasteiger partial charge is 0.423 e.